The maximum absolute atomic E-state index is 9.63. The third kappa shape index (κ3) is 8.77. The Morgan fingerprint density at radius 3 is 1.37 bits per heavy atom. The van der Waals surface area contributed by atoms with Gasteiger partial charge in [-0.25, -0.2) is 0 Å². The molecule has 0 saturated carbocycles. The molecule has 0 atom stereocenters. The zero-order valence-corrected chi connectivity index (χ0v) is 15.3. The topological polar surface area (TPSA) is 174 Å². The molecule has 8 N–H and O–H groups in total. The van der Waals surface area contributed by atoms with Gasteiger partial charge < -0.3 is 16.6 Å². The van der Waals surface area contributed by atoms with Crippen LogP contribution in [0.3, 0.4) is 0 Å². The van der Waals surface area contributed by atoms with Crippen LogP contribution in [0, 0.1) is 10.8 Å². The van der Waals surface area contributed by atoms with E-state index < -0.39 is 22.5 Å². The van der Waals surface area contributed by atoms with Gasteiger partial charge in [-0.1, -0.05) is 60.7 Å². The highest BCUT2D eigenvalue weighted by Crippen LogP contribution is 2.10. The quantitative estimate of drug-likeness (QED) is 0.187. The fourth-order valence-corrected chi connectivity index (χ4v) is 2.09. The first-order chi connectivity index (χ1) is 12.6. The van der Waals surface area contributed by atoms with E-state index in [1.807, 2.05) is 60.7 Å². The van der Waals surface area contributed by atoms with Gasteiger partial charge in [0.25, 0.3) is 10.1 Å². The highest BCUT2D eigenvalue weighted by Gasteiger charge is 1.99. The van der Waals surface area contributed by atoms with Gasteiger partial charge in [0.05, 0.1) is 12.4 Å². The summed E-state index contributed by atoms with van der Waals surface area (Å²) in [5.74, 6) is -0.437. The van der Waals surface area contributed by atoms with Crippen molar-refractivity contribution in [3.8, 4) is 0 Å². The molecule has 0 aromatic heterocycles. The van der Waals surface area contributed by atoms with Crippen LogP contribution in [0.15, 0.2) is 48.5 Å². The number of nitrogen functional groups attached to an aromatic ring is 2. The number of benzene rings is 2. The zero-order chi connectivity index (χ0) is 20.4. The molecular weight excluding hydrogens is 368 g/mol. The van der Waals surface area contributed by atoms with E-state index in [-0.39, 0.29) is 11.7 Å². The van der Waals surface area contributed by atoms with Crippen LogP contribution in [0.1, 0.15) is 22.3 Å². The van der Waals surface area contributed by atoms with Crippen molar-refractivity contribution in [3.05, 3.63) is 70.8 Å². The maximum Gasteiger partial charge on any atom is 0.267 e. The Balaban J connectivity index is 0.000000445. The molecule has 2 aromatic carbocycles. The Bertz CT molecular complexity index is 846. The molecule has 0 radical (unpaired) electrons. The van der Waals surface area contributed by atoms with Crippen molar-refractivity contribution in [2.45, 2.75) is 0 Å². The second-order valence-electron chi connectivity index (χ2n) is 5.41. The largest absolute Gasteiger partial charge is 0.395 e. The van der Waals surface area contributed by atoms with E-state index in [1.165, 1.54) is 0 Å². The molecule has 2 rings (SSSR count). The molecule has 144 valence electrons. The Hall–Kier alpha value is -3.01. The van der Waals surface area contributed by atoms with E-state index in [9.17, 15) is 8.42 Å². The van der Waals surface area contributed by atoms with Crippen molar-refractivity contribution in [2.24, 2.45) is 11.5 Å². The lowest BCUT2D eigenvalue weighted by molar-refractivity contribution is 0.315. The summed E-state index contributed by atoms with van der Waals surface area (Å²) in [7, 11) is -3.92. The van der Waals surface area contributed by atoms with Crippen molar-refractivity contribution in [2.75, 3.05) is 12.4 Å². The first kappa shape index (κ1) is 22.0. The van der Waals surface area contributed by atoms with Crippen LogP contribution in [0.25, 0.3) is 12.2 Å². The van der Waals surface area contributed by atoms with Gasteiger partial charge in [-0.2, -0.15) is 8.42 Å². The lowest BCUT2D eigenvalue weighted by Crippen LogP contribution is -2.10. The Kier molecular flexibility index (Phi) is 8.34. The molecule has 2 aromatic rings. The summed E-state index contributed by atoms with van der Waals surface area (Å²) in [6, 6.07) is 14.9. The number of rotatable bonds is 6. The summed E-state index contributed by atoms with van der Waals surface area (Å²) in [6.07, 6.45) is 3.96. The second-order valence-corrected chi connectivity index (χ2v) is 6.99. The zero-order valence-electron chi connectivity index (χ0n) is 14.5. The first-order valence-electron chi connectivity index (χ1n) is 7.75. The number of hydrogen-bond acceptors (Lipinski definition) is 5. The molecule has 8 nitrogen and oxygen atoms in total. The van der Waals surface area contributed by atoms with Crippen LogP contribution >= 0.6 is 0 Å². The lowest BCUT2D eigenvalue weighted by Gasteiger charge is -2.00. The smallest absolute Gasteiger partial charge is 0.267 e. The van der Waals surface area contributed by atoms with Crippen LogP contribution in [0.2, 0.25) is 0 Å². The molecule has 0 spiro atoms. The number of amidine groups is 2. The molecule has 0 saturated heterocycles. The number of nitrogens with two attached hydrogens (primary N) is 2. The fraction of sp³-hybridized carbons (Fsp3) is 0.111. The molecule has 27 heavy (non-hydrogen) atoms. The minimum atomic E-state index is -3.92. The SMILES string of the molecule is N=C(N)c1ccc(/C=C/c2ccc(C(=N)N)cc2)cc1.O=S(=O)(O)CCO. The third-order valence-corrected chi connectivity index (χ3v) is 3.96. The molecule has 0 aliphatic rings. The molecule has 0 amide bonds. The molecule has 0 aliphatic carbocycles. The second kappa shape index (κ2) is 10.2. The van der Waals surface area contributed by atoms with Gasteiger partial charge in [0, 0.05) is 11.1 Å². The van der Waals surface area contributed by atoms with Gasteiger partial charge in [0.1, 0.15) is 11.7 Å². The molecule has 0 bridgehead atoms. The summed E-state index contributed by atoms with van der Waals surface area (Å²) >= 11 is 0. The molecule has 0 heterocycles. The number of nitrogens with one attached hydrogen (secondary N) is 2. The minimum absolute atomic E-state index is 0.0698. The summed E-state index contributed by atoms with van der Waals surface area (Å²) in [5.41, 5.74) is 14.3. The van der Waals surface area contributed by atoms with Crippen LogP contribution in [-0.4, -0.2) is 42.1 Å². The van der Waals surface area contributed by atoms with Crippen molar-refractivity contribution in [1.82, 2.24) is 0 Å². The highest BCUT2D eigenvalue weighted by atomic mass is 32.2. The fourth-order valence-electron chi connectivity index (χ4n) is 1.86. The van der Waals surface area contributed by atoms with E-state index in [2.05, 4.69) is 0 Å². The summed E-state index contributed by atoms with van der Waals surface area (Å²) in [4.78, 5) is 0. The van der Waals surface area contributed by atoms with Gasteiger partial charge >= 0.3 is 0 Å². The summed E-state index contributed by atoms with van der Waals surface area (Å²) in [6.45, 7) is -0.529. The van der Waals surface area contributed by atoms with E-state index in [0.29, 0.717) is 11.1 Å². The molecular formula is C18H22N4O4S. The molecule has 9 heteroatoms. The van der Waals surface area contributed by atoms with Gasteiger partial charge in [0.2, 0.25) is 0 Å². The lowest BCUT2D eigenvalue weighted by atomic mass is 10.1. The van der Waals surface area contributed by atoms with Crippen LogP contribution in [0.5, 0.6) is 0 Å². The van der Waals surface area contributed by atoms with Crippen LogP contribution < -0.4 is 11.5 Å². The minimum Gasteiger partial charge on any atom is -0.395 e. The van der Waals surface area contributed by atoms with Crippen LogP contribution in [-0.2, 0) is 10.1 Å². The number of hydrogen-bond donors (Lipinski definition) is 6. The molecule has 0 aliphatic heterocycles. The Morgan fingerprint density at radius 1 is 0.852 bits per heavy atom. The average Bonchev–Trinajstić information content (AvgIpc) is 2.60. The van der Waals surface area contributed by atoms with Crippen molar-refractivity contribution in [3.63, 3.8) is 0 Å². The van der Waals surface area contributed by atoms with E-state index >= 15 is 0 Å². The summed E-state index contributed by atoms with van der Waals surface area (Å²) < 4.78 is 27.1. The first-order valence-corrected chi connectivity index (χ1v) is 9.36. The van der Waals surface area contributed by atoms with Gasteiger partial charge in [-0.05, 0) is 11.1 Å². The number of aliphatic hydroxyl groups excluding tert-OH is 1. The molecule has 0 unspecified atom stereocenters. The Morgan fingerprint density at radius 2 is 1.19 bits per heavy atom. The predicted octanol–water partition coefficient (Wildman–Crippen LogP) is 1.29. The predicted molar refractivity (Wildman–Crippen MR) is 107 cm³/mol. The molecule has 0 fully saturated rings. The van der Waals surface area contributed by atoms with Gasteiger partial charge in [-0.3, -0.25) is 15.4 Å². The standard InChI is InChI=1S/C16H16N4.C2H6O4S/c17-15(18)13-7-3-11(4-8-13)1-2-12-5-9-14(10-6-12)16(19)20;3-1-2-7(4,5)6/h1-10H,(H3,17,18)(H3,19,20);3H,1-2H2,(H,4,5,6)/b2-1+;. The maximum atomic E-state index is 9.63. The van der Waals surface area contributed by atoms with E-state index in [0.717, 1.165) is 11.1 Å². The van der Waals surface area contributed by atoms with Gasteiger partial charge in [0.15, 0.2) is 0 Å². The monoisotopic (exact) mass is 390 g/mol. The third-order valence-electron chi connectivity index (χ3n) is 3.26. The van der Waals surface area contributed by atoms with E-state index in [4.69, 9.17) is 31.9 Å². The van der Waals surface area contributed by atoms with Crippen molar-refractivity contribution >= 4 is 33.9 Å². The van der Waals surface area contributed by atoms with Gasteiger partial charge in [-0.15, -0.1) is 0 Å². The average molecular weight is 390 g/mol. The normalized spacial score (nSPS) is 10.9. The van der Waals surface area contributed by atoms with E-state index in [1.54, 1.807) is 0 Å². The summed E-state index contributed by atoms with van der Waals surface area (Å²) in [5, 5.41) is 22.5. The van der Waals surface area contributed by atoms with Crippen LogP contribution in [0.4, 0.5) is 0 Å². The number of aliphatic hydroxyl groups is 1. The Labute approximate surface area is 157 Å². The van der Waals surface area contributed by atoms with Crippen molar-refractivity contribution < 1.29 is 18.1 Å². The van der Waals surface area contributed by atoms with Crippen molar-refractivity contribution in [1.29, 1.82) is 10.8 Å². The highest BCUT2D eigenvalue weighted by molar-refractivity contribution is 7.85.